The van der Waals surface area contributed by atoms with E-state index in [2.05, 4.69) is 34.4 Å². The SMILES string of the molecule is CCNC(=NCc1ccccc1CO)NCCCN1CCC(C)CC1.I. The Hall–Kier alpha value is -0.860. The Balaban J connectivity index is 0.00000338. The van der Waals surface area contributed by atoms with Gasteiger partial charge in [0, 0.05) is 13.1 Å². The molecule has 1 aliphatic heterocycles. The van der Waals surface area contributed by atoms with Crippen molar-refractivity contribution in [1.82, 2.24) is 15.5 Å². The molecular weight excluding hydrogens is 439 g/mol. The summed E-state index contributed by atoms with van der Waals surface area (Å²) >= 11 is 0. The van der Waals surface area contributed by atoms with Crippen molar-refractivity contribution in [2.24, 2.45) is 10.9 Å². The number of rotatable bonds is 8. The van der Waals surface area contributed by atoms with Crippen molar-refractivity contribution in [2.75, 3.05) is 32.7 Å². The quantitative estimate of drug-likeness (QED) is 0.235. The minimum absolute atomic E-state index is 0. The first kappa shape index (κ1) is 23.2. The molecule has 1 fully saturated rings. The van der Waals surface area contributed by atoms with Gasteiger partial charge in [0.05, 0.1) is 13.2 Å². The Bertz CT molecular complexity index is 530. The van der Waals surface area contributed by atoms with Crippen LogP contribution in [0.3, 0.4) is 0 Å². The van der Waals surface area contributed by atoms with Crippen molar-refractivity contribution in [3.63, 3.8) is 0 Å². The average molecular weight is 474 g/mol. The highest BCUT2D eigenvalue weighted by atomic mass is 127. The van der Waals surface area contributed by atoms with Crippen LogP contribution in [0.1, 0.15) is 44.2 Å². The smallest absolute Gasteiger partial charge is 0.191 e. The Labute approximate surface area is 175 Å². The van der Waals surface area contributed by atoms with E-state index in [1.807, 2.05) is 24.3 Å². The molecular formula is C20H35IN4O. The van der Waals surface area contributed by atoms with Gasteiger partial charge in [0.25, 0.3) is 0 Å². The number of aliphatic imine (C=N–C) groups is 1. The number of nitrogens with zero attached hydrogens (tertiary/aromatic N) is 2. The Morgan fingerprint density at radius 3 is 2.54 bits per heavy atom. The summed E-state index contributed by atoms with van der Waals surface area (Å²) < 4.78 is 0. The van der Waals surface area contributed by atoms with Crippen LogP contribution in [0.5, 0.6) is 0 Å². The van der Waals surface area contributed by atoms with Gasteiger partial charge in [-0.2, -0.15) is 0 Å². The highest BCUT2D eigenvalue weighted by Gasteiger charge is 2.14. The van der Waals surface area contributed by atoms with Gasteiger partial charge in [-0.1, -0.05) is 31.2 Å². The molecule has 1 aromatic carbocycles. The first-order chi connectivity index (χ1) is 12.2. The lowest BCUT2D eigenvalue weighted by Crippen LogP contribution is -2.39. The lowest BCUT2D eigenvalue weighted by Gasteiger charge is -2.30. The monoisotopic (exact) mass is 474 g/mol. The van der Waals surface area contributed by atoms with Crippen LogP contribution in [-0.2, 0) is 13.2 Å². The van der Waals surface area contributed by atoms with Crippen LogP contribution in [0.15, 0.2) is 29.3 Å². The molecule has 0 saturated carbocycles. The number of guanidine groups is 1. The fourth-order valence-electron chi connectivity index (χ4n) is 3.17. The van der Waals surface area contributed by atoms with Crippen LogP contribution in [0.4, 0.5) is 0 Å². The van der Waals surface area contributed by atoms with Crippen LogP contribution < -0.4 is 10.6 Å². The number of likely N-dealkylation sites (tertiary alicyclic amines) is 1. The zero-order valence-electron chi connectivity index (χ0n) is 16.2. The van der Waals surface area contributed by atoms with Gasteiger partial charge in [-0.25, -0.2) is 4.99 Å². The summed E-state index contributed by atoms with van der Waals surface area (Å²) in [5.74, 6) is 1.74. The van der Waals surface area contributed by atoms with Crippen LogP contribution in [0, 0.1) is 5.92 Å². The number of aliphatic hydroxyl groups excluding tert-OH is 1. The first-order valence-electron chi connectivity index (χ1n) is 9.65. The molecule has 0 amide bonds. The summed E-state index contributed by atoms with van der Waals surface area (Å²) in [6.07, 6.45) is 3.80. The van der Waals surface area contributed by atoms with E-state index in [0.717, 1.165) is 49.1 Å². The Morgan fingerprint density at radius 2 is 1.88 bits per heavy atom. The van der Waals surface area contributed by atoms with Crippen molar-refractivity contribution in [3.05, 3.63) is 35.4 Å². The third-order valence-electron chi connectivity index (χ3n) is 4.86. The summed E-state index contributed by atoms with van der Waals surface area (Å²) in [7, 11) is 0. The van der Waals surface area contributed by atoms with E-state index >= 15 is 0 Å². The molecule has 1 saturated heterocycles. The van der Waals surface area contributed by atoms with Gasteiger partial charge >= 0.3 is 0 Å². The molecule has 148 valence electrons. The molecule has 0 aromatic heterocycles. The molecule has 0 unspecified atom stereocenters. The average Bonchev–Trinajstić information content (AvgIpc) is 2.64. The Kier molecular flexibility index (Phi) is 11.9. The molecule has 5 nitrogen and oxygen atoms in total. The van der Waals surface area contributed by atoms with Gasteiger partial charge in [-0.15, -0.1) is 24.0 Å². The third kappa shape index (κ3) is 8.22. The number of nitrogens with one attached hydrogen (secondary N) is 2. The largest absolute Gasteiger partial charge is 0.392 e. The fraction of sp³-hybridized carbons (Fsp3) is 0.650. The number of benzene rings is 1. The normalized spacial score (nSPS) is 16.2. The van der Waals surface area contributed by atoms with Gasteiger partial charge in [0.2, 0.25) is 0 Å². The highest BCUT2D eigenvalue weighted by Crippen LogP contribution is 2.15. The molecule has 2 rings (SSSR count). The second-order valence-corrected chi connectivity index (χ2v) is 6.93. The topological polar surface area (TPSA) is 59.9 Å². The molecule has 1 heterocycles. The van der Waals surface area contributed by atoms with Crippen molar-refractivity contribution in [1.29, 1.82) is 0 Å². The summed E-state index contributed by atoms with van der Waals surface area (Å²) in [5.41, 5.74) is 2.02. The molecule has 1 aliphatic rings. The van der Waals surface area contributed by atoms with Gasteiger partial charge in [0.1, 0.15) is 0 Å². The number of aliphatic hydroxyl groups is 1. The zero-order chi connectivity index (χ0) is 17.9. The highest BCUT2D eigenvalue weighted by molar-refractivity contribution is 14.0. The fourth-order valence-corrected chi connectivity index (χ4v) is 3.17. The molecule has 0 spiro atoms. The minimum atomic E-state index is 0. The predicted octanol–water partition coefficient (Wildman–Crippen LogP) is 2.97. The summed E-state index contributed by atoms with van der Waals surface area (Å²) in [6, 6.07) is 7.91. The van der Waals surface area contributed by atoms with E-state index in [1.54, 1.807) is 0 Å². The van der Waals surface area contributed by atoms with Crippen LogP contribution in [0.2, 0.25) is 0 Å². The second kappa shape index (κ2) is 13.3. The third-order valence-corrected chi connectivity index (χ3v) is 4.86. The maximum absolute atomic E-state index is 9.42. The standard InChI is InChI=1S/C20H34N4O.HI/c1-3-21-20(23-15-18-7-4-5-8-19(18)16-25)22-11-6-12-24-13-9-17(2)10-14-24;/h4-5,7-8,17,25H,3,6,9-16H2,1-2H3,(H2,21,22,23);1H. The molecule has 6 heteroatoms. The van der Waals surface area contributed by atoms with Crippen LogP contribution in [-0.4, -0.2) is 48.7 Å². The molecule has 1 aromatic rings. The van der Waals surface area contributed by atoms with Crippen molar-refractivity contribution >= 4 is 29.9 Å². The molecule has 26 heavy (non-hydrogen) atoms. The maximum atomic E-state index is 9.42. The Morgan fingerprint density at radius 1 is 1.19 bits per heavy atom. The molecule has 0 aliphatic carbocycles. The summed E-state index contributed by atoms with van der Waals surface area (Å²) in [6.45, 7) is 10.5. The number of hydrogen-bond acceptors (Lipinski definition) is 3. The van der Waals surface area contributed by atoms with Crippen molar-refractivity contribution in [2.45, 2.75) is 46.3 Å². The van der Waals surface area contributed by atoms with E-state index in [4.69, 9.17) is 0 Å². The molecule has 0 atom stereocenters. The van der Waals surface area contributed by atoms with Crippen molar-refractivity contribution in [3.8, 4) is 0 Å². The molecule has 0 radical (unpaired) electrons. The zero-order valence-corrected chi connectivity index (χ0v) is 18.5. The van der Waals surface area contributed by atoms with E-state index < -0.39 is 0 Å². The predicted molar refractivity (Wildman–Crippen MR) is 120 cm³/mol. The first-order valence-corrected chi connectivity index (χ1v) is 9.65. The second-order valence-electron chi connectivity index (χ2n) is 6.93. The van der Waals surface area contributed by atoms with Crippen LogP contribution >= 0.6 is 24.0 Å². The molecule has 3 N–H and O–H groups in total. The lowest BCUT2D eigenvalue weighted by atomic mass is 9.99. The van der Waals surface area contributed by atoms with Crippen molar-refractivity contribution < 1.29 is 5.11 Å². The number of hydrogen-bond donors (Lipinski definition) is 3. The van der Waals surface area contributed by atoms with E-state index in [0.29, 0.717) is 6.54 Å². The van der Waals surface area contributed by atoms with Gasteiger partial charge < -0.3 is 20.6 Å². The van der Waals surface area contributed by atoms with E-state index in [1.165, 1.54) is 25.9 Å². The van der Waals surface area contributed by atoms with E-state index in [9.17, 15) is 5.11 Å². The number of halogens is 1. The summed E-state index contributed by atoms with van der Waals surface area (Å²) in [5, 5.41) is 16.1. The molecule has 0 bridgehead atoms. The van der Waals surface area contributed by atoms with E-state index in [-0.39, 0.29) is 30.6 Å². The van der Waals surface area contributed by atoms with Crippen LogP contribution in [0.25, 0.3) is 0 Å². The summed E-state index contributed by atoms with van der Waals surface area (Å²) in [4.78, 5) is 7.23. The number of piperidine rings is 1. The van der Waals surface area contributed by atoms with Gasteiger partial charge in [-0.3, -0.25) is 0 Å². The lowest BCUT2D eigenvalue weighted by molar-refractivity contribution is 0.191. The van der Waals surface area contributed by atoms with Gasteiger partial charge in [-0.05, 0) is 62.9 Å². The maximum Gasteiger partial charge on any atom is 0.191 e. The minimum Gasteiger partial charge on any atom is -0.392 e. The van der Waals surface area contributed by atoms with Gasteiger partial charge in [0.15, 0.2) is 5.96 Å².